The summed E-state index contributed by atoms with van der Waals surface area (Å²) >= 11 is 3.53. The lowest BCUT2D eigenvalue weighted by Crippen LogP contribution is -2.22. The van der Waals surface area contributed by atoms with E-state index in [1.807, 2.05) is 30.3 Å². The lowest BCUT2D eigenvalue weighted by molar-refractivity contribution is -0.0375. The predicted molar refractivity (Wildman–Crippen MR) is 123 cm³/mol. The molecule has 0 bridgehead atoms. The summed E-state index contributed by atoms with van der Waals surface area (Å²) < 4.78 is 8.31. The first kappa shape index (κ1) is 21.6. The van der Waals surface area contributed by atoms with Crippen molar-refractivity contribution in [2.24, 2.45) is 0 Å². The van der Waals surface area contributed by atoms with Gasteiger partial charge in [0.25, 0.3) is 5.91 Å². The molecule has 32 heavy (non-hydrogen) atoms. The third-order valence-electron chi connectivity index (χ3n) is 4.95. The SMILES string of the molecule is CN(O)C(=O)c1cccc(Cn2c(C(=O)O)cc3c(Br)cc(Oc4ccccc4)cc32)c1. The quantitative estimate of drug-likeness (QED) is 0.276. The average molecular weight is 495 g/mol. The molecule has 0 saturated carbocycles. The van der Waals surface area contributed by atoms with Gasteiger partial charge in [-0.05, 0) is 57.9 Å². The number of hydrogen-bond acceptors (Lipinski definition) is 4. The summed E-state index contributed by atoms with van der Waals surface area (Å²) in [6.07, 6.45) is 0. The van der Waals surface area contributed by atoms with Gasteiger partial charge in [0.15, 0.2) is 0 Å². The highest BCUT2D eigenvalue weighted by molar-refractivity contribution is 9.10. The van der Waals surface area contributed by atoms with E-state index in [0.717, 1.165) is 5.39 Å². The maximum atomic E-state index is 12.1. The van der Waals surface area contributed by atoms with Crippen LogP contribution in [0, 0.1) is 0 Å². The summed E-state index contributed by atoms with van der Waals surface area (Å²) in [7, 11) is 1.25. The number of fused-ring (bicyclic) bond motifs is 1. The van der Waals surface area contributed by atoms with E-state index >= 15 is 0 Å². The first-order chi connectivity index (χ1) is 15.3. The van der Waals surface area contributed by atoms with Crippen LogP contribution in [0.5, 0.6) is 11.5 Å². The molecule has 0 atom stereocenters. The van der Waals surface area contributed by atoms with Gasteiger partial charge in [0, 0.05) is 35.1 Å². The molecule has 162 valence electrons. The molecule has 3 aromatic carbocycles. The Labute approximate surface area is 192 Å². The maximum Gasteiger partial charge on any atom is 0.352 e. The predicted octanol–water partition coefficient (Wildman–Crippen LogP) is 5.40. The topological polar surface area (TPSA) is 92.0 Å². The first-order valence-electron chi connectivity index (χ1n) is 9.68. The van der Waals surface area contributed by atoms with Gasteiger partial charge in [0.1, 0.15) is 17.2 Å². The zero-order valence-corrected chi connectivity index (χ0v) is 18.6. The minimum atomic E-state index is -1.07. The summed E-state index contributed by atoms with van der Waals surface area (Å²) in [6, 6.07) is 21.2. The van der Waals surface area contributed by atoms with Gasteiger partial charge in [0.05, 0.1) is 5.52 Å². The Balaban J connectivity index is 1.79. The van der Waals surface area contributed by atoms with Crippen LogP contribution in [-0.4, -0.2) is 38.9 Å². The number of carboxylic acids is 1. The number of rotatable bonds is 6. The van der Waals surface area contributed by atoms with E-state index in [4.69, 9.17) is 4.74 Å². The fraction of sp³-hybridized carbons (Fsp3) is 0.0833. The van der Waals surface area contributed by atoms with Crippen LogP contribution in [0.4, 0.5) is 0 Å². The Bertz CT molecular complexity index is 1310. The third kappa shape index (κ3) is 4.37. The number of nitrogens with zero attached hydrogens (tertiary/aromatic N) is 2. The number of aromatic carboxylic acids is 1. The van der Waals surface area contributed by atoms with Crippen molar-refractivity contribution in [3.8, 4) is 11.5 Å². The van der Waals surface area contributed by atoms with Crippen molar-refractivity contribution in [3.05, 3.63) is 94.1 Å². The number of amides is 1. The molecule has 0 radical (unpaired) electrons. The van der Waals surface area contributed by atoms with Crippen molar-refractivity contribution in [3.63, 3.8) is 0 Å². The minimum absolute atomic E-state index is 0.105. The molecule has 1 aromatic heterocycles. The molecule has 1 heterocycles. The highest BCUT2D eigenvalue weighted by Gasteiger charge is 2.19. The minimum Gasteiger partial charge on any atom is -0.477 e. The monoisotopic (exact) mass is 494 g/mol. The van der Waals surface area contributed by atoms with Crippen LogP contribution in [0.2, 0.25) is 0 Å². The summed E-state index contributed by atoms with van der Waals surface area (Å²) in [5.74, 6) is -0.405. The molecule has 7 nitrogen and oxygen atoms in total. The van der Waals surface area contributed by atoms with Gasteiger partial charge < -0.3 is 14.4 Å². The lowest BCUT2D eigenvalue weighted by atomic mass is 10.1. The van der Waals surface area contributed by atoms with Crippen LogP contribution in [0.1, 0.15) is 26.4 Å². The standard InChI is InChI=1S/C24H19BrN2O5/c1-26(31)23(28)16-7-5-6-15(10-16)14-27-21-12-18(32-17-8-3-2-4-9-17)11-20(25)19(21)13-22(27)24(29)30/h2-13,31H,14H2,1H3,(H,29,30). The summed E-state index contributed by atoms with van der Waals surface area (Å²) in [6.45, 7) is 0.211. The molecule has 8 heteroatoms. The van der Waals surface area contributed by atoms with Gasteiger partial charge in [-0.3, -0.25) is 10.0 Å². The highest BCUT2D eigenvalue weighted by atomic mass is 79.9. The van der Waals surface area contributed by atoms with E-state index < -0.39 is 11.9 Å². The molecule has 0 aliphatic heterocycles. The Kier molecular flexibility index (Phi) is 5.98. The van der Waals surface area contributed by atoms with Gasteiger partial charge in [-0.1, -0.05) is 30.3 Å². The van der Waals surface area contributed by atoms with Crippen molar-refractivity contribution < 1.29 is 24.6 Å². The largest absolute Gasteiger partial charge is 0.477 e. The Morgan fingerprint density at radius 2 is 1.75 bits per heavy atom. The Hall–Kier alpha value is -3.62. The molecule has 4 rings (SSSR count). The first-order valence-corrected chi connectivity index (χ1v) is 10.5. The number of aromatic nitrogens is 1. The molecular weight excluding hydrogens is 476 g/mol. The number of benzene rings is 3. The highest BCUT2D eigenvalue weighted by Crippen LogP contribution is 2.34. The van der Waals surface area contributed by atoms with E-state index in [0.29, 0.717) is 37.7 Å². The van der Waals surface area contributed by atoms with Gasteiger partial charge in [-0.15, -0.1) is 0 Å². The molecule has 4 aromatic rings. The number of halogens is 1. The third-order valence-corrected chi connectivity index (χ3v) is 5.61. The summed E-state index contributed by atoms with van der Waals surface area (Å²) in [5.41, 5.74) is 1.78. The number of ether oxygens (including phenoxy) is 1. The Morgan fingerprint density at radius 3 is 2.44 bits per heavy atom. The number of carboxylic acid groups (broad SMARTS) is 1. The van der Waals surface area contributed by atoms with Crippen LogP contribution < -0.4 is 4.74 Å². The van der Waals surface area contributed by atoms with Crippen molar-refractivity contribution in [2.45, 2.75) is 6.54 Å². The molecule has 0 aliphatic carbocycles. The second-order valence-corrected chi connectivity index (χ2v) is 8.06. The van der Waals surface area contributed by atoms with Gasteiger partial charge in [-0.2, -0.15) is 0 Å². The molecule has 0 unspecified atom stereocenters. The fourth-order valence-corrected chi connectivity index (χ4v) is 4.04. The molecule has 0 aliphatic rings. The van der Waals surface area contributed by atoms with Crippen LogP contribution in [-0.2, 0) is 6.54 Å². The van der Waals surface area contributed by atoms with E-state index in [9.17, 15) is 19.9 Å². The van der Waals surface area contributed by atoms with E-state index in [-0.39, 0.29) is 12.2 Å². The summed E-state index contributed by atoms with van der Waals surface area (Å²) in [5, 5.41) is 20.5. The number of hydroxylamine groups is 2. The lowest BCUT2D eigenvalue weighted by Gasteiger charge is -2.13. The second-order valence-electron chi connectivity index (χ2n) is 7.20. The summed E-state index contributed by atoms with van der Waals surface area (Å²) in [4.78, 5) is 24.1. The van der Waals surface area contributed by atoms with Crippen molar-refractivity contribution >= 4 is 38.7 Å². The molecule has 2 N–H and O–H groups in total. The van der Waals surface area contributed by atoms with Gasteiger partial charge in [0.2, 0.25) is 0 Å². The zero-order chi connectivity index (χ0) is 22.8. The van der Waals surface area contributed by atoms with Crippen LogP contribution in [0.15, 0.2) is 77.3 Å². The smallest absolute Gasteiger partial charge is 0.352 e. The van der Waals surface area contributed by atoms with Crippen LogP contribution in [0.3, 0.4) is 0 Å². The Morgan fingerprint density at radius 1 is 1.00 bits per heavy atom. The number of carbonyl (C=O) groups is 2. The molecule has 0 spiro atoms. The van der Waals surface area contributed by atoms with Crippen LogP contribution >= 0.6 is 15.9 Å². The van der Waals surface area contributed by atoms with Gasteiger partial charge in [-0.25, -0.2) is 9.86 Å². The number of carbonyl (C=O) groups excluding carboxylic acids is 1. The molecule has 0 saturated heterocycles. The normalized spacial score (nSPS) is 10.8. The zero-order valence-electron chi connectivity index (χ0n) is 17.0. The molecular formula is C24H19BrN2O5. The molecule has 1 amide bonds. The van der Waals surface area contributed by atoms with E-state index in [1.54, 1.807) is 47.0 Å². The van der Waals surface area contributed by atoms with Gasteiger partial charge >= 0.3 is 5.97 Å². The average Bonchev–Trinajstić information content (AvgIpc) is 3.13. The number of para-hydroxylation sites is 1. The fourth-order valence-electron chi connectivity index (χ4n) is 3.49. The van der Waals surface area contributed by atoms with E-state index in [1.165, 1.54) is 7.05 Å². The number of hydrogen-bond donors (Lipinski definition) is 2. The van der Waals surface area contributed by atoms with Crippen molar-refractivity contribution in [2.75, 3.05) is 7.05 Å². The second kappa shape index (κ2) is 8.86. The van der Waals surface area contributed by atoms with Crippen molar-refractivity contribution in [1.82, 2.24) is 9.63 Å². The van der Waals surface area contributed by atoms with E-state index in [2.05, 4.69) is 15.9 Å². The van der Waals surface area contributed by atoms with Crippen molar-refractivity contribution in [1.29, 1.82) is 0 Å². The maximum absolute atomic E-state index is 12.1. The van der Waals surface area contributed by atoms with Crippen LogP contribution in [0.25, 0.3) is 10.9 Å². The molecule has 0 fully saturated rings.